The monoisotopic (exact) mass is 397 g/mol. The minimum absolute atomic E-state index is 0.198. The molecule has 0 spiro atoms. The van der Waals surface area contributed by atoms with E-state index in [9.17, 15) is 9.59 Å². The first kappa shape index (κ1) is 18.8. The van der Waals surface area contributed by atoms with Crippen LogP contribution in [0.5, 0.6) is 0 Å². The van der Waals surface area contributed by atoms with Crippen molar-refractivity contribution in [2.75, 3.05) is 11.9 Å². The van der Waals surface area contributed by atoms with E-state index in [0.29, 0.717) is 22.6 Å². The number of amides is 2. The molecule has 0 aliphatic rings. The molecule has 2 N–H and O–H groups in total. The van der Waals surface area contributed by atoms with Gasteiger partial charge in [-0.05, 0) is 24.3 Å². The molecule has 0 bridgehead atoms. The zero-order valence-corrected chi connectivity index (χ0v) is 15.9. The summed E-state index contributed by atoms with van der Waals surface area (Å²) in [5.41, 5.74) is 8.41. The van der Waals surface area contributed by atoms with E-state index in [1.54, 1.807) is 60.2 Å². The van der Waals surface area contributed by atoms with E-state index in [2.05, 4.69) is 15.0 Å². The number of aromatic nitrogens is 4. The number of nitriles is 1. The molecule has 0 saturated heterocycles. The fraction of sp³-hybridized carbons (Fsp3) is 0.0476. The van der Waals surface area contributed by atoms with Crippen LogP contribution in [-0.4, -0.2) is 38.2 Å². The summed E-state index contributed by atoms with van der Waals surface area (Å²) in [6, 6.07) is 12.0. The fourth-order valence-corrected chi connectivity index (χ4v) is 2.94. The average molecular weight is 397 g/mol. The molecule has 0 unspecified atom stereocenters. The average Bonchev–Trinajstić information content (AvgIpc) is 3.21. The molecule has 9 nitrogen and oxygen atoms in total. The second-order valence-electron chi connectivity index (χ2n) is 6.47. The zero-order chi connectivity index (χ0) is 21.3. The molecule has 0 radical (unpaired) electrons. The van der Waals surface area contributed by atoms with Crippen LogP contribution in [0, 0.1) is 11.3 Å². The molecule has 3 heterocycles. The Morgan fingerprint density at radius 3 is 2.43 bits per heavy atom. The van der Waals surface area contributed by atoms with Gasteiger partial charge in [0.1, 0.15) is 17.6 Å². The minimum Gasteiger partial charge on any atom is -0.366 e. The number of hydrogen-bond acceptors (Lipinski definition) is 6. The quantitative estimate of drug-likeness (QED) is 0.561. The van der Waals surface area contributed by atoms with Crippen molar-refractivity contribution >= 4 is 23.3 Å². The molecule has 0 aliphatic carbocycles. The lowest BCUT2D eigenvalue weighted by atomic mass is 10.1. The number of fused-ring (bicyclic) bond motifs is 1. The van der Waals surface area contributed by atoms with Gasteiger partial charge in [-0.15, -0.1) is 0 Å². The summed E-state index contributed by atoms with van der Waals surface area (Å²) in [4.78, 5) is 38.2. The highest BCUT2D eigenvalue weighted by atomic mass is 16.2. The van der Waals surface area contributed by atoms with Crippen LogP contribution in [0.3, 0.4) is 0 Å². The Bertz CT molecular complexity index is 1300. The molecule has 0 fully saturated rings. The van der Waals surface area contributed by atoms with E-state index < -0.39 is 5.91 Å². The van der Waals surface area contributed by atoms with Gasteiger partial charge >= 0.3 is 0 Å². The standard InChI is InChI=1S/C21H15N7O2/c1-27(18-7-2-13(8-22)9-25-18)21(30)16-12-28-17(10-26-19(28)11-24-16)14-3-5-15(6-4-14)20(23)29/h2-7,9-12H,1H3,(H2,23,29). The minimum atomic E-state index is -0.503. The van der Waals surface area contributed by atoms with Gasteiger partial charge in [0, 0.05) is 30.6 Å². The first-order valence-electron chi connectivity index (χ1n) is 8.85. The van der Waals surface area contributed by atoms with E-state index >= 15 is 0 Å². The van der Waals surface area contributed by atoms with Gasteiger partial charge in [-0.2, -0.15) is 5.26 Å². The molecule has 30 heavy (non-hydrogen) atoms. The van der Waals surface area contributed by atoms with Crippen LogP contribution in [0.15, 0.2) is 61.2 Å². The largest absolute Gasteiger partial charge is 0.366 e. The number of nitrogens with two attached hydrogens (primary N) is 1. The van der Waals surface area contributed by atoms with Crippen LogP contribution < -0.4 is 10.6 Å². The number of primary amides is 1. The van der Waals surface area contributed by atoms with Gasteiger partial charge in [0.05, 0.1) is 23.7 Å². The van der Waals surface area contributed by atoms with E-state index in [1.165, 1.54) is 17.3 Å². The smallest absolute Gasteiger partial charge is 0.279 e. The Kier molecular flexibility index (Phi) is 4.66. The van der Waals surface area contributed by atoms with Crippen LogP contribution in [0.1, 0.15) is 26.4 Å². The van der Waals surface area contributed by atoms with E-state index in [4.69, 9.17) is 11.0 Å². The number of anilines is 1. The molecular weight excluding hydrogens is 382 g/mol. The molecule has 4 rings (SSSR count). The van der Waals surface area contributed by atoms with Crippen LogP contribution in [0.2, 0.25) is 0 Å². The Labute approximate surface area is 171 Å². The number of benzene rings is 1. The molecule has 0 atom stereocenters. The Hall–Kier alpha value is -4.58. The number of carbonyl (C=O) groups excluding carboxylic acids is 2. The summed E-state index contributed by atoms with van der Waals surface area (Å²) in [6.07, 6.45) is 6.17. The van der Waals surface area contributed by atoms with Crippen molar-refractivity contribution in [3.05, 3.63) is 78.0 Å². The molecule has 146 valence electrons. The molecule has 0 saturated carbocycles. The van der Waals surface area contributed by atoms with Crippen molar-refractivity contribution in [3.8, 4) is 17.3 Å². The van der Waals surface area contributed by atoms with Gasteiger partial charge in [0.2, 0.25) is 5.91 Å². The third kappa shape index (κ3) is 3.33. The zero-order valence-electron chi connectivity index (χ0n) is 15.9. The van der Waals surface area contributed by atoms with E-state index in [1.807, 2.05) is 6.07 Å². The number of imidazole rings is 1. The molecule has 3 aromatic heterocycles. The van der Waals surface area contributed by atoms with Gasteiger partial charge in [0.25, 0.3) is 5.91 Å². The molecule has 1 aromatic carbocycles. The second kappa shape index (κ2) is 7.44. The van der Waals surface area contributed by atoms with Gasteiger partial charge in [-0.3, -0.25) is 18.9 Å². The number of rotatable bonds is 4. The highest BCUT2D eigenvalue weighted by Crippen LogP contribution is 2.22. The maximum atomic E-state index is 12.9. The summed E-state index contributed by atoms with van der Waals surface area (Å²) in [6.45, 7) is 0. The molecule has 4 aromatic rings. The van der Waals surface area contributed by atoms with Crippen molar-refractivity contribution < 1.29 is 9.59 Å². The maximum absolute atomic E-state index is 12.9. The summed E-state index contributed by atoms with van der Waals surface area (Å²) in [5, 5.41) is 8.88. The third-order valence-electron chi connectivity index (χ3n) is 4.61. The summed E-state index contributed by atoms with van der Waals surface area (Å²) < 4.78 is 1.75. The van der Waals surface area contributed by atoms with Crippen LogP contribution in [0.25, 0.3) is 16.9 Å². The highest BCUT2D eigenvalue weighted by molar-refractivity contribution is 6.03. The van der Waals surface area contributed by atoms with E-state index in [-0.39, 0.29) is 11.6 Å². The van der Waals surface area contributed by atoms with Gasteiger partial charge in [-0.1, -0.05) is 12.1 Å². The fourth-order valence-electron chi connectivity index (χ4n) is 2.94. The van der Waals surface area contributed by atoms with Crippen molar-refractivity contribution in [2.45, 2.75) is 0 Å². The van der Waals surface area contributed by atoms with Crippen LogP contribution in [0.4, 0.5) is 5.82 Å². The summed E-state index contributed by atoms with van der Waals surface area (Å²) in [5.74, 6) is -0.470. The lowest BCUT2D eigenvalue weighted by Crippen LogP contribution is -2.28. The Morgan fingerprint density at radius 1 is 1.03 bits per heavy atom. The molecule has 2 amide bonds. The predicted molar refractivity (Wildman–Crippen MR) is 109 cm³/mol. The SMILES string of the molecule is CN(C(=O)c1cn2c(-c3ccc(C(N)=O)cc3)cnc2cn1)c1ccc(C#N)cn1. The third-order valence-corrected chi connectivity index (χ3v) is 4.61. The van der Waals surface area contributed by atoms with Crippen molar-refractivity contribution in [1.29, 1.82) is 5.26 Å². The predicted octanol–water partition coefficient (Wildman–Crippen LogP) is 2.04. The lowest BCUT2D eigenvalue weighted by Gasteiger charge is -2.15. The van der Waals surface area contributed by atoms with Crippen molar-refractivity contribution in [2.24, 2.45) is 5.73 Å². The first-order valence-corrected chi connectivity index (χ1v) is 8.85. The molecule has 0 aliphatic heterocycles. The highest BCUT2D eigenvalue weighted by Gasteiger charge is 2.18. The Balaban J connectivity index is 1.68. The maximum Gasteiger partial charge on any atom is 0.279 e. The van der Waals surface area contributed by atoms with Crippen molar-refractivity contribution in [3.63, 3.8) is 0 Å². The van der Waals surface area contributed by atoms with Gasteiger partial charge in [-0.25, -0.2) is 15.0 Å². The van der Waals surface area contributed by atoms with Gasteiger partial charge in [0.15, 0.2) is 5.65 Å². The lowest BCUT2D eigenvalue weighted by molar-refractivity contribution is 0.0983. The number of carbonyl (C=O) groups is 2. The normalized spacial score (nSPS) is 10.5. The summed E-state index contributed by atoms with van der Waals surface area (Å²) in [7, 11) is 1.58. The van der Waals surface area contributed by atoms with Crippen LogP contribution in [-0.2, 0) is 0 Å². The summed E-state index contributed by atoms with van der Waals surface area (Å²) >= 11 is 0. The molecular formula is C21H15N7O2. The number of hydrogen-bond donors (Lipinski definition) is 1. The second-order valence-corrected chi connectivity index (χ2v) is 6.47. The van der Waals surface area contributed by atoms with Crippen LogP contribution >= 0.6 is 0 Å². The van der Waals surface area contributed by atoms with Crippen molar-refractivity contribution in [1.82, 2.24) is 19.4 Å². The van der Waals surface area contributed by atoms with E-state index in [0.717, 1.165) is 11.3 Å². The number of nitrogens with zero attached hydrogens (tertiary/aromatic N) is 6. The molecule has 9 heteroatoms. The first-order chi connectivity index (χ1) is 14.5. The number of pyridine rings is 1. The van der Waals surface area contributed by atoms with Gasteiger partial charge < -0.3 is 5.73 Å². The topological polar surface area (TPSA) is 130 Å². The Morgan fingerprint density at radius 2 is 1.80 bits per heavy atom.